The van der Waals surface area contributed by atoms with Crippen molar-refractivity contribution in [2.24, 2.45) is 0 Å². The van der Waals surface area contributed by atoms with Crippen LogP contribution in [0.5, 0.6) is 0 Å². The first kappa shape index (κ1) is 11.0. The van der Waals surface area contributed by atoms with E-state index in [1.165, 1.54) is 32.3 Å². The molecule has 0 heterocycles. The van der Waals surface area contributed by atoms with Gasteiger partial charge in [-0.3, -0.25) is 4.79 Å². The molecule has 21 heavy (non-hydrogen) atoms. The van der Waals surface area contributed by atoms with E-state index < -0.39 is 0 Å². The van der Waals surface area contributed by atoms with Gasteiger partial charge in [-0.05, 0) is 49.2 Å². The summed E-state index contributed by atoms with van der Waals surface area (Å²) in [5.41, 5.74) is 1.15. The molecule has 0 aliphatic heterocycles. The average molecular weight is 268 g/mol. The van der Waals surface area contributed by atoms with Gasteiger partial charge in [0.25, 0.3) is 0 Å². The van der Waals surface area contributed by atoms with Crippen molar-refractivity contribution in [3.05, 3.63) is 65.4 Å². The van der Waals surface area contributed by atoms with Crippen molar-refractivity contribution in [1.29, 1.82) is 0 Å². The topological polar surface area (TPSA) is 17.1 Å². The third-order valence-corrected chi connectivity index (χ3v) is 4.58. The van der Waals surface area contributed by atoms with E-state index in [9.17, 15) is 4.79 Å². The molecule has 98 valence electrons. The Kier molecular flexibility index (Phi) is 1.95. The van der Waals surface area contributed by atoms with Crippen LogP contribution in [0, 0.1) is 0 Å². The molecule has 1 aliphatic rings. The van der Waals surface area contributed by atoms with Crippen LogP contribution in [0.3, 0.4) is 0 Å². The minimum atomic E-state index is 0.200. The quantitative estimate of drug-likeness (QED) is 0.350. The number of hydrogen-bond acceptors (Lipinski definition) is 1. The standard InChI is InChI=1S/C20H12O/c21-14-10-13-6-3-8-16-15-7-1-4-12-5-2-9-17(19(12)15)18(11-14)20(13)16/h1-9,11H,10H2. The molecule has 0 unspecified atom stereocenters. The van der Waals surface area contributed by atoms with Gasteiger partial charge < -0.3 is 0 Å². The molecule has 1 aliphatic carbocycles. The van der Waals surface area contributed by atoms with E-state index in [0.717, 1.165) is 10.8 Å². The summed E-state index contributed by atoms with van der Waals surface area (Å²) in [6.07, 6.45) is 2.35. The van der Waals surface area contributed by atoms with Gasteiger partial charge in [0.05, 0.1) is 0 Å². The fourth-order valence-electron chi connectivity index (χ4n) is 3.76. The monoisotopic (exact) mass is 268 g/mol. The lowest BCUT2D eigenvalue weighted by atomic mass is 9.87. The lowest BCUT2D eigenvalue weighted by Crippen LogP contribution is -2.17. The molecule has 0 fully saturated rings. The van der Waals surface area contributed by atoms with Gasteiger partial charge in [0, 0.05) is 6.42 Å². The van der Waals surface area contributed by atoms with Crippen molar-refractivity contribution < 1.29 is 4.79 Å². The van der Waals surface area contributed by atoms with Crippen LogP contribution in [-0.2, 0) is 11.2 Å². The van der Waals surface area contributed by atoms with Gasteiger partial charge in [-0.25, -0.2) is 0 Å². The van der Waals surface area contributed by atoms with Crippen LogP contribution < -0.4 is 5.22 Å². The van der Waals surface area contributed by atoms with Crippen molar-refractivity contribution >= 4 is 44.2 Å². The first-order valence-electron chi connectivity index (χ1n) is 7.22. The fraction of sp³-hybridized carbons (Fsp3) is 0.0500. The zero-order valence-electron chi connectivity index (χ0n) is 11.4. The first-order chi connectivity index (χ1) is 10.3. The van der Waals surface area contributed by atoms with Gasteiger partial charge in [0.15, 0.2) is 5.78 Å². The molecular weight excluding hydrogens is 256 g/mol. The Morgan fingerprint density at radius 3 is 2.19 bits per heavy atom. The number of hydrogen-bond donors (Lipinski definition) is 0. The third kappa shape index (κ3) is 1.33. The minimum absolute atomic E-state index is 0.200. The van der Waals surface area contributed by atoms with Gasteiger partial charge in [-0.2, -0.15) is 0 Å². The highest BCUT2D eigenvalue weighted by molar-refractivity contribution is 6.25. The number of rotatable bonds is 0. The van der Waals surface area contributed by atoms with Crippen molar-refractivity contribution in [3.63, 3.8) is 0 Å². The number of fused-ring (bicyclic) bond motifs is 2. The van der Waals surface area contributed by atoms with Crippen LogP contribution in [0.4, 0.5) is 0 Å². The predicted octanol–water partition coefficient (Wildman–Crippen LogP) is 3.77. The molecule has 0 saturated heterocycles. The first-order valence-corrected chi connectivity index (χ1v) is 7.22. The molecule has 0 aromatic heterocycles. The number of carbonyl (C=O) groups is 1. The minimum Gasteiger partial charge on any atom is -0.294 e. The lowest BCUT2D eigenvalue weighted by molar-refractivity contribution is -0.112. The lowest BCUT2D eigenvalue weighted by Gasteiger charge is -2.16. The maximum Gasteiger partial charge on any atom is 0.160 e. The van der Waals surface area contributed by atoms with E-state index in [-0.39, 0.29) is 5.78 Å². The molecule has 0 atom stereocenters. The van der Waals surface area contributed by atoms with Crippen LogP contribution in [0.25, 0.3) is 38.4 Å². The predicted molar refractivity (Wildman–Crippen MR) is 87.4 cm³/mol. The molecule has 0 spiro atoms. The zero-order chi connectivity index (χ0) is 14.0. The average Bonchev–Trinajstić information content (AvgIpc) is 2.51. The maximum atomic E-state index is 12.1. The molecule has 0 amide bonds. The number of Topliss-reactive ketones (excluding diaryl/α,β-unsaturated/α-hetero) is 1. The highest BCUT2D eigenvalue weighted by atomic mass is 16.1. The molecule has 5 rings (SSSR count). The summed E-state index contributed by atoms with van der Waals surface area (Å²) in [4.78, 5) is 12.1. The number of carbonyl (C=O) groups excluding carboxylic acids is 1. The molecule has 0 N–H and O–H groups in total. The van der Waals surface area contributed by atoms with Crippen LogP contribution >= 0.6 is 0 Å². The van der Waals surface area contributed by atoms with Gasteiger partial charge in [0.2, 0.25) is 0 Å². The van der Waals surface area contributed by atoms with Crippen molar-refractivity contribution in [3.8, 4) is 0 Å². The summed E-state index contributed by atoms with van der Waals surface area (Å²) < 4.78 is 0. The van der Waals surface area contributed by atoms with Crippen LogP contribution in [0.1, 0.15) is 5.56 Å². The summed E-state index contributed by atoms with van der Waals surface area (Å²) in [6, 6.07) is 19.1. The molecule has 0 bridgehead atoms. The molecule has 0 radical (unpaired) electrons. The molecule has 4 aromatic carbocycles. The summed E-state index contributed by atoms with van der Waals surface area (Å²) >= 11 is 0. The molecule has 1 nitrogen and oxygen atoms in total. The Morgan fingerprint density at radius 2 is 1.38 bits per heavy atom. The Bertz CT molecular complexity index is 1110. The smallest absolute Gasteiger partial charge is 0.160 e. The Hall–Kier alpha value is -2.67. The van der Waals surface area contributed by atoms with Gasteiger partial charge in [0.1, 0.15) is 0 Å². The summed E-state index contributed by atoms with van der Waals surface area (Å²) in [7, 11) is 0. The van der Waals surface area contributed by atoms with E-state index in [0.29, 0.717) is 6.42 Å². The van der Waals surface area contributed by atoms with Crippen molar-refractivity contribution in [2.45, 2.75) is 6.42 Å². The molecule has 4 aromatic rings. The van der Waals surface area contributed by atoms with Crippen LogP contribution in [0.2, 0.25) is 0 Å². The number of benzene rings is 4. The Labute approximate surface area is 121 Å². The second-order valence-electron chi connectivity index (χ2n) is 5.75. The van der Waals surface area contributed by atoms with Crippen LogP contribution in [0.15, 0.2) is 54.6 Å². The SMILES string of the molecule is O=C1C=c2c3cccc4cccc(c5cccc(c25)C1)c43. The van der Waals surface area contributed by atoms with E-state index in [4.69, 9.17) is 0 Å². The molecule has 1 heteroatoms. The van der Waals surface area contributed by atoms with E-state index in [2.05, 4.69) is 54.6 Å². The van der Waals surface area contributed by atoms with Gasteiger partial charge in [-0.1, -0.05) is 54.6 Å². The number of ketones is 1. The van der Waals surface area contributed by atoms with E-state index >= 15 is 0 Å². The second kappa shape index (κ2) is 3.70. The zero-order valence-corrected chi connectivity index (χ0v) is 11.4. The highest BCUT2D eigenvalue weighted by Crippen LogP contribution is 2.32. The summed E-state index contributed by atoms with van der Waals surface area (Å²) in [5, 5.41) is 8.59. The summed E-state index contributed by atoms with van der Waals surface area (Å²) in [5.74, 6) is 0.200. The van der Waals surface area contributed by atoms with E-state index in [1.807, 2.05) is 6.08 Å². The molecule has 0 saturated carbocycles. The van der Waals surface area contributed by atoms with Crippen molar-refractivity contribution in [1.82, 2.24) is 0 Å². The van der Waals surface area contributed by atoms with Crippen molar-refractivity contribution in [2.75, 3.05) is 0 Å². The van der Waals surface area contributed by atoms with Gasteiger partial charge in [-0.15, -0.1) is 0 Å². The largest absolute Gasteiger partial charge is 0.294 e. The normalized spacial score (nSPS) is 14.0. The third-order valence-electron chi connectivity index (χ3n) is 4.58. The Morgan fingerprint density at radius 1 is 0.714 bits per heavy atom. The Balaban J connectivity index is 2.28. The van der Waals surface area contributed by atoms with Gasteiger partial charge >= 0.3 is 0 Å². The maximum absolute atomic E-state index is 12.1. The molecular formula is C20H12O. The van der Waals surface area contributed by atoms with E-state index in [1.54, 1.807) is 0 Å². The highest BCUT2D eigenvalue weighted by Gasteiger charge is 2.16. The fourth-order valence-corrected chi connectivity index (χ4v) is 3.76. The van der Waals surface area contributed by atoms with Crippen LogP contribution in [-0.4, -0.2) is 5.78 Å². The second-order valence-corrected chi connectivity index (χ2v) is 5.75. The summed E-state index contributed by atoms with van der Waals surface area (Å²) in [6.45, 7) is 0.